The number of hydrogen-bond acceptors (Lipinski definition) is 2. The van der Waals surface area contributed by atoms with Crippen molar-refractivity contribution in [2.45, 2.75) is 53.1 Å². The molecule has 0 bridgehead atoms. The molecule has 2 rings (SSSR count). The molecule has 1 aromatic carbocycles. The standard InChI is InChI=1S/C18H30N2/c1-5-10-19-18-9-11-20(12-16(18)4)13-17-14(2)7-6-8-15(17)3/h6-8,16,18-19H,5,9-13H2,1-4H3. The highest BCUT2D eigenvalue weighted by Gasteiger charge is 2.25. The lowest BCUT2D eigenvalue weighted by molar-refractivity contribution is 0.141. The van der Waals surface area contributed by atoms with Crippen LogP contribution in [0.5, 0.6) is 0 Å². The highest BCUT2D eigenvalue weighted by Crippen LogP contribution is 2.21. The van der Waals surface area contributed by atoms with Crippen LogP contribution in [0.3, 0.4) is 0 Å². The maximum Gasteiger partial charge on any atom is 0.0239 e. The Kier molecular flexibility index (Phi) is 5.62. The van der Waals surface area contributed by atoms with Crippen LogP contribution in [-0.4, -0.2) is 30.6 Å². The van der Waals surface area contributed by atoms with Crippen LogP contribution in [0.4, 0.5) is 0 Å². The molecule has 0 aromatic heterocycles. The van der Waals surface area contributed by atoms with E-state index in [2.05, 4.69) is 56.1 Å². The minimum atomic E-state index is 0.712. The Morgan fingerprint density at radius 3 is 2.55 bits per heavy atom. The highest BCUT2D eigenvalue weighted by molar-refractivity contribution is 5.33. The van der Waals surface area contributed by atoms with Gasteiger partial charge in [-0.15, -0.1) is 0 Å². The van der Waals surface area contributed by atoms with Gasteiger partial charge in [0.25, 0.3) is 0 Å². The summed E-state index contributed by atoms with van der Waals surface area (Å²) in [6, 6.07) is 7.35. The average molecular weight is 274 g/mol. The van der Waals surface area contributed by atoms with Crippen LogP contribution < -0.4 is 5.32 Å². The lowest BCUT2D eigenvalue weighted by Gasteiger charge is -2.38. The van der Waals surface area contributed by atoms with Gasteiger partial charge >= 0.3 is 0 Å². The summed E-state index contributed by atoms with van der Waals surface area (Å²) in [5.74, 6) is 0.750. The van der Waals surface area contributed by atoms with E-state index in [4.69, 9.17) is 0 Å². The summed E-state index contributed by atoms with van der Waals surface area (Å²) in [4.78, 5) is 2.63. The zero-order chi connectivity index (χ0) is 14.5. The van der Waals surface area contributed by atoms with Gasteiger partial charge in [0, 0.05) is 19.1 Å². The number of rotatable bonds is 5. The molecule has 2 atom stereocenters. The first-order chi connectivity index (χ1) is 9.61. The minimum Gasteiger partial charge on any atom is -0.314 e. The van der Waals surface area contributed by atoms with Crippen molar-refractivity contribution in [3.05, 3.63) is 34.9 Å². The third kappa shape index (κ3) is 3.83. The van der Waals surface area contributed by atoms with Crippen molar-refractivity contribution in [3.8, 4) is 0 Å². The first-order valence-corrected chi connectivity index (χ1v) is 8.12. The summed E-state index contributed by atoms with van der Waals surface area (Å²) in [5.41, 5.74) is 4.40. The normalized spacial score (nSPS) is 24.0. The zero-order valence-electron chi connectivity index (χ0n) is 13.6. The molecule has 0 saturated carbocycles. The van der Waals surface area contributed by atoms with Crippen molar-refractivity contribution in [3.63, 3.8) is 0 Å². The Bertz CT molecular complexity index is 407. The predicted octanol–water partition coefficient (Wildman–Crippen LogP) is 3.51. The Morgan fingerprint density at radius 1 is 1.25 bits per heavy atom. The lowest BCUT2D eigenvalue weighted by Crippen LogP contribution is -2.48. The summed E-state index contributed by atoms with van der Waals surface area (Å²) >= 11 is 0. The van der Waals surface area contributed by atoms with Gasteiger partial charge in [-0.1, -0.05) is 32.0 Å². The number of nitrogens with zero attached hydrogens (tertiary/aromatic N) is 1. The van der Waals surface area contributed by atoms with Gasteiger partial charge in [-0.05, 0) is 62.4 Å². The fraction of sp³-hybridized carbons (Fsp3) is 0.667. The van der Waals surface area contributed by atoms with Crippen molar-refractivity contribution in [1.82, 2.24) is 10.2 Å². The molecule has 1 fully saturated rings. The van der Waals surface area contributed by atoms with E-state index in [1.54, 1.807) is 0 Å². The summed E-state index contributed by atoms with van der Waals surface area (Å²) in [6.45, 7) is 13.8. The largest absolute Gasteiger partial charge is 0.314 e. The van der Waals surface area contributed by atoms with Crippen LogP contribution in [0, 0.1) is 19.8 Å². The molecule has 2 unspecified atom stereocenters. The van der Waals surface area contributed by atoms with Gasteiger partial charge in [-0.2, -0.15) is 0 Å². The second kappa shape index (κ2) is 7.24. The van der Waals surface area contributed by atoms with Crippen LogP contribution in [-0.2, 0) is 6.54 Å². The third-order valence-electron chi connectivity index (χ3n) is 4.67. The Labute approximate surface area is 124 Å². The SMILES string of the molecule is CCCNC1CCN(Cc2c(C)cccc2C)CC1C. The molecular formula is C18H30N2. The number of piperidine rings is 1. The number of nitrogens with one attached hydrogen (secondary N) is 1. The second-order valence-corrected chi connectivity index (χ2v) is 6.43. The molecule has 0 spiro atoms. The van der Waals surface area contributed by atoms with E-state index < -0.39 is 0 Å². The van der Waals surface area contributed by atoms with E-state index in [-0.39, 0.29) is 0 Å². The predicted molar refractivity (Wildman–Crippen MR) is 87.1 cm³/mol. The molecule has 0 amide bonds. The molecule has 1 aliphatic heterocycles. The van der Waals surface area contributed by atoms with Crippen molar-refractivity contribution in [2.75, 3.05) is 19.6 Å². The van der Waals surface area contributed by atoms with Crippen LogP contribution in [0.15, 0.2) is 18.2 Å². The van der Waals surface area contributed by atoms with Gasteiger partial charge in [-0.25, -0.2) is 0 Å². The van der Waals surface area contributed by atoms with Crippen molar-refractivity contribution in [1.29, 1.82) is 0 Å². The Morgan fingerprint density at radius 2 is 1.95 bits per heavy atom. The lowest BCUT2D eigenvalue weighted by atomic mass is 9.92. The van der Waals surface area contributed by atoms with Crippen molar-refractivity contribution in [2.24, 2.45) is 5.92 Å². The molecule has 112 valence electrons. The summed E-state index contributed by atoms with van der Waals surface area (Å²) in [5, 5.41) is 3.70. The van der Waals surface area contributed by atoms with E-state index in [1.807, 2.05) is 0 Å². The van der Waals surface area contributed by atoms with E-state index in [0.717, 1.165) is 19.0 Å². The fourth-order valence-corrected chi connectivity index (χ4v) is 3.33. The molecular weight excluding hydrogens is 244 g/mol. The monoisotopic (exact) mass is 274 g/mol. The fourth-order valence-electron chi connectivity index (χ4n) is 3.33. The minimum absolute atomic E-state index is 0.712. The van der Waals surface area contributed by atoms with Crippen LogP contribution in [0.1, 0.15) is 43.4 Å². The Balaban J connectivity index is 1.93. The van der Waals surface area contributed by atoms with Gasteiger partial charge in [-0.3, -0.25) is 4.90 Å². The molecule has 20 heavy (non-hydrogen) atoms. The summed E-state index contributed by atoms with van der Waals surface area (Å²) < 4.78 is 0. The van der Waals surface area contributed by atoms with Gasteiger partial charge in [0.15, 0.2) is 0 Å². The molecule has 1 aromatic rings. The molecule has 2 nitrogen and oxygen atoms in total. The van der Waals surface area contributed by atoms with Crippen LogP contribution in [0.2, 0.25) is 0 Å². The molecule has 0 aliphatic carbocycles. The van der Waals surface area contributed by atoms with Gasteiger partial charge in [0.1, 0.15) is 0 Å². The quantitative estimate of drug-likeness (QED) is 0.884. The number of likely N-dealkylation sites (tertiary alicyclic amines) is 1. The number of hydrogen-bond donors (Lipinski definition) is 1. The molecule has 1 N–H and O–H groups in total. The molecule has 1 heterocycles. The average Bonchev–Trinajstić information content (AvgIpc) is 2.42. The second-order valence-electron chi connectivity index (χ2n) is 6.43. The molecule has 2 heteroatoms. The topological polar surface area (TPSA) is 15.3 Å². The smallest absolute Gasteiger partial charge is 0.0239 e. The number of aryl methyl sites for hydroxylation is 2. The maximum atomic E-state index is 3.70. The third-order valence-corrected chi connectivity index (χ3v) is 4.67. The molecule has 1 saturated heterocycles. The Hall–Kier alpha value is -0.860. The van der Waals surface area contributed by atoms with Crippen LogP contribution >= 0.6 is 0 Å². The van der Waals surface area contributed by atoms with Gasteiger partial charge < -0.3 is 5.32 Å². The van der Waals surface area contributed by atoms with Crippen LogP contribution in [0.25, 0.3) is 0 Å². The maximum absolute atomic E-state index is 3.70. The highest BCUT2D eigenvalue weighted by atomic mass is 15.1. The van der Waals surface area contributed by atoms with E-state index >= 15 is 0 Å². The first-order valence-electron chi connectivity index (χ1n) is 8.12. The zero-order valence-corrected chi connectivity index (χ0v) is 13.6. The van der Waals surface area contributed by atoms with Gasteiger partial charge in [0.2, 0.25) is 0 Å². The number of benzene rings is 1. The van der Waals surface area contributed by atoms with Gasteiger partial charge in [0.05, 0.1) is 0 Å². The van der Waals surface area contributed by atoms with E-state index in [1.165, 1.54) is 42.6 Å². The van der Waals surface area contributed by atoms with Crippen molar-refractivity contribution < 1.29 is 0 Å². The molecule has 0 radical (unpaired) electrons. The summed E-state index contributed by atoms with van der Waals surface area (Å²) in [6.07, 6.45) is 2.52. The van der Waals surface area contributed by atoms with E-state index in [0.29, 0.717) is 6.04 Å². The van der Waals surface area contributed by atoms with Crippen molar-refractivity contribution >= 4 is 0 Å². The first kappa shape index (κ1) is 15.5. The van der Waals surface area contributed by atoms with E-state index in [9.17, 15) is 0 Å². The summed E-state index contributed by atoms with van der Waals surface area (Å²) in [7, 11) is 0. The molecule has 1 aliphatic rings.